The normalized spacial score (nSPS) is 20.3. The van der Waals surface area contributed by atoms with Gasteiger partial charge in [-0.3, -0.25) is 9.69 Å². The zero-order valence-corrected chi connectivity index (χ0v) is 17.7. The smallest absolute Gasteiger partial charge is 0.287 e. The van der Waals surface area contributed by atoms with Crippen molar-refractivity contribution < 1.29 is 17.9 Å². The quantitative estimate of drug-likeness (QED) is 0.760. The lowest BCUT2D eigenvalue weighted by Crippen LogP contribution is -2.38. The molecular weight excluding hydrogens is 408 g/mol. The molecule has 2 aromatic rings. The number of rotatable bonds is 6. The van der Waals surface area contributed by atoms with Crippen LogP contribution in [0, 0.1) is 0 Å². The number of ether oxygens (including phenoxy) is 1. The predicted octanol–water partition coefficient (Wildman–Crippen LogP) is 2.82. The Hall–Kier alpha value is -2.16. The van der Waals surface area contributed by atoms with E-state index in [2.05, 4.69) is 16.3 Å². The topological polar surface area (TPSA) is 75.7 Å². The number of likely N-dealkylation sites (tertiary alicyclic amines) is 1. The molecule has 1 aromatic heterocycles. The lowest BCUT2D eigenvalue weighted by atomic mass is 10.2. The first kappa shape index (κ1) is 20.1. The molecule has 2 aliphatic heterocycles. The van der Waals surface area contributed by atoms with Gasteiger partial charge in [-0.25, -0.2) is 8.42 Å². The largest absolute Gasteiger partial charge is 0.486 e. The number of benzene rings is 1. The van der Waals surface area contributed by atoms with Crippen molar-refractivity contribution in [3.63, 3.8) is 0 Å². The lowest BCUT2D eigenvalue weighted by Gasteiger charge is -2.27. The third-order valence-electron chi connectivity index (χ3n) is 5.27. The summed E-state index contributed by atoms with van der Waals surface area (Å²) < 4.78 is 31.0. The molecule has 0 aliphatic carbocycles. The molecule has 1 amide bonds. The molecule has 1 saturated heterocycles. The Labute approximate surface area is 175 Å². The minimum Gasteiger partial charge on any atom is -0.486 e. The van der Waals surface area contributed by atoms with Gasteiger partial charge in [-0.1, -0.05) is 36.4 Å². The molecule has 3 heterocycles. The fraction of sp³-hybridized carbons (Fsp3) is 0.381. The molecule has 1 aromatic carbocycles. The van der Waals surface area contributed by atoms with E-state index in [0.29, 0.717) is 12.1 Å². The summed E-state index contributed by atoms with van der Waals surface area (Å²) in [4.78, 5) is 16.5. The van der Waals surface area contributed by atoms with Gasteiger partial charge in [-0.2, -0.15) is 0 Å². The Kier molecular flexibility index (Phi) is 6.03. The SMILES string of the molecule is O=C(NC[C@H](c1cccs1)N1CCCC1)C1=C(c2ccccc2)S(=O)(=O)CCO1. The van der Waals surface area contributed by atoms with Crippen LogP contribution in [-0.4, -0.2) is 51.2 Å². The van der Waals surface area contributed by atoms with Gasteiger partial charge in [0.2, 0.25) is 5.76 Å². The maximum Gasteiger partial charge on any atom is 0.287 e. The van der Waals surface area contributed by atoms with Gasteiger partial charge < -0.3 is 10.1 Å². The van der Waals surface area contributed by atoms with E-state index in [1.165, 1.54) is 4.88 Å². The molecule has 1 atom stereocenters. The molecular formula is C21H24N2O4S2. The van der Waals surface area contributed by atoms with E-state index >= 15 is 0 Å². The number of hydrogen-bond acceptors (Lipinski definition) is 6. The maximum absolute atomic E-state index is 13.0. The van der Waals surface area contributed by atoms with E-state index in [1.807, 2.05) is 17.5 Å². The van der Waals surface area contributed by atoms with Gasteiger partial charge in [-0.15, -0.1) is 11.3 Å². The van der Waals surface area contributed by atoms with E-state index in [4.69, 9.17) is 4.74 Å². The van der Waals surface area contributed by atoms with Gasteiger partial charge in [0.1, 0.15) is 11.5 Å². The van der Waals surface area contributed by atoms with Gasteiger partial charge in [0.25, 0.3) is 5.91 Å². The summed E-state index contributed by atoms with van der Waals surface area (Å²) in [5.74, 6) is -0.707. The van der Waals surface area contributed by atoms with Gasteiger partial charge in [-0.05, 0) is 42.9 Å². The molecule has 0 unspecified atom stereocenters. The standard InChI is InChI=1S/C21H24N2O4S2/c24-21(22-15-17(18-9-6-13-28-18)23-10-4-5-11-23)19-20(16-7-2-1-3-8-16)29(25,26)14-12-27-19/h1-3,6-9,13,17H,4-5,10-12,14-15H2,(H,22,24)/t17-/m1/s1. The Morgan fingerprint density at radius 1 is 1.14 bits per heavy atom. The monoisotopic (exact) mass is 432 g/mol. The molecule has 0 saturated carbocycles. The Bertz CT molecular complexity index is 979. The molecule has 1 fully saturated rings. The summed E-state index contributed by atoms with van der Waals surface area (Å²) in [6, 6.07) is 12.9. The highest BCUT2D eigenvalue weighted by atomic mass is 32.2. The molecule has 8 heteroatoms. The van der Waals surface area contributed by atoms with E-state index in [1.54, 1.807) is 35.6 Å². The van der Waals surface area contributed by atoms with Gasteiger partial charge in [0.05, 0.1) is 11.8 Å². The number of nitrogens with one attached hydrogen (secondary N) is 1. The second-order valence-corrected chi connectivity index (χ2v) is 10.2. The third kappa shape index (κ3) is 4.39. The second-order valence-electron chi connectivity index (χ2n) is 7.18. The van der Waals surface area contributed by atoms with Crippen molar-refractivity contribution in [1.29, 1.82) is 0 Å². The van der Waals surface area contributed by atoms with Gasteiger partial charge in [0.15, 0.2) is 9.84 Å². The van der Waals surface area contributed by atoms with Crippen molar-refractivity contribution in [2.75, 3.05) is 32.0 Å². The van der Waals surface area contributed by atoms with Crippen molar-refractivity contribution in [2.45, 2.75) is 18.9 Å². The van der Waals surface area contributed by atoms with Crippen molar-refractivity contribution in [2.24, 2.45) is 0 Å². The molecule has 0 radical (unpaired) electrons. The van der Waals surface area contributed by atoms with Crippen LogP contribution in [0.3, 0.4) is 0 Å². The molecule has 2 aliphatic rings. The number of carbonyl (C=O) groups excluding carboxylic acids is 1. The average Bonchev–Trinajstić information content (AvgIpc) is 3.42. The van der Waals surface area contributed by atoms with Crippen LogP contribution in [0.1, 0.15) is 29.3 Å². The summed E-state index contributed by atoms with van der Waals surface area (Å²) in [5, 5.41) is 4.97. The number of nitrogens with zero attached hydrogens (tertiary/aromatic N) is 1. The summed E-state index contributed by atoms with van der Waals surface area (Å²) in [6.45, 7) is 2.40. The predicted molar refractivity (Wildman–Crippen MR) is 114 cm³/mol. The highest BCUT2D eigenvalue weighted by molar-refractivity contribution is 8.00. The van der Waals surface area contributed by atoms with Crippen LogP contribution in [-0.2, 0) is 19.4 Å². The van der Waals surface area contributed by atoms with Crippen molar-refractivity contribution in [1.82, 2.24) is 10.2 Å². The van der Waals surface area contributed by atoms with Crippen LogP contribution >= 0.6 is 11.3 Å². The van der Waals surface area contributed by atoms with Crippen LogP contribution in [0.25, 0.3) is 4.91 Å². The molecule has 0 bridgehead atoms. The van der Waals surface area contributed by atoms with Gasteiger partial charge >= 0.3 is 0 Å². The zero-order chi connectivity index (χ0) is 20.3. The number of carbonyl (C=O) groups is 1. The lowest BCUT2D eigenvalue weighted by molar-refractivity contribution is -0.121. The van der Waals surface area contributed by atoms with E-state index < -0.39 is 15.7 Å². The van der Waals surface area contributed by atoms with E-state index in [0.717, 1.165) is 25.9 Å². The van der Waals surface area contributed by atoms with Crippen LogP contribution < -0.4 is 5.32 Å². The van der Waals surface area contributed by atoms with Crippen LogP contribution in [0.2, 0.25) is 0 Å². The van der Waals surface area contributed by atoms with Gasteiger partial charge in [0, 0.05) is 11.4 Å². The van der Waals surface area contributed by atoms with Crippen molar-refractivity contribution in [3.05, 3.63) is 64.0 Å². The summed E-state index contributed by atoms with van der Waals surface area (Å²) in [5.41, 5.74) is 0.478. The van der Waals surface area contributed by atoms with Crippen LogP contribution in [0.15, 0.2) is 53.6 Å². The molecule has 0 spiro atoms. The first-order valence-corrected chi connectivity index (χ1v) is 12.3. The number of hydrogen-bond donors (Lipinski definition) is 1. The zero-order valence-electron chi connectivity index (χ0n) is 16.0. The van der Waals surface area contributed by atoms with Crippen LogP contribution in [0.5, 0.6) is 0 Å². The Morgan fingerprint density at radius 3 is 2.59 bits per heavy atom. The third-order valence-corrected chi connectivity index (χ3v) is 7.99. The molecule has 1 N–H and O–H groups in total. The fourth-order valence-electron chi connectivity index (χ4n) is 3.84. The fourth-order valence-corrected chi connectivity index (χ4v) is 6.14. The minimum atomic E-state index is -3.58. The van der Waals surface area contributed by atoms with Crippen molar-refractivity contribution in [3.8, 4) is 0 Å². The highest BCUT2D eigenvalue weighted by Crippen LogP contribution is 2.31. The maximum atomic E-state index is 13.0. The molecule has 4 rings (SSSR count). The van der Waals surface area contributed by atoms with Crippen LogP contribution in [0.4, 0.5) is 0 Å². The van der Waals surface area contributed by atoms with E-state index in [9.17, 15) is 13.2 Å². The molecule has 29 heavy (non-hydrogen) atoms. The second kappa shape index (κ2) is 8.69. The number of amides is 1. The average molecular weight is 433 g/mol. The molecule has 6 nitrogen and oxygen atoms in total. The van der Waals surface area contributed by atoms with Crippen molar-refractivity contribution >= 4 is 32.0 Å². The number of sulfone groups is 1. The number of thiophene rings is 1. The Balaban J connectivity index is 1.59. The summed E-state index contributed by atoms with van der Waals surface area (Å²) >= 11 is 1.67. The Morgan fingerprint density at radius 2 is 1.90 bits per heavy atom. The summed E-state index contributed by atoms with van der Waals surface area (Å²) in [6.07, 6.45) is 2.31. The first-order chi connectivity index (χ1) is 14.1. The minimum absolute atomic E-state index is 0.0120. The summed E-state index contributed by atoms with van der Waals surface area (Å²) in [7, 11) is -3.58. The highest BCUT2D eigenvalue weighted by Gasteiger charge is 2.34. The first-order valence-electron chi connectivity index (χ1n) is 9.77. The molecule has 154 valence electrons. The van der Waals surface area contributed by atoms with E-state index in [-0.39, 0.29) is 29.1 Å².